The van der Waals surface area contributed by atoms with Crippen LogP contribution in [0.15, 0.2) is 41.0 Å². The Labute approximate surface area is 330 Å². The summed E-state index contributed by atoms with van der Waals surface area (Å²) in [4.78, 5) is 34.6. The molecule has 0 bridgehead atoms. The number of phenolic OH excluding ortho intramolecular Hbond substituents is 1. The normalized spacial score (nSPS) is 29.9. The van der Waals surface area contributed by atoms with E-state index in [0.717, 1.165) is 60.9 Å². The van der Waals surface area contributed by atoms with Gasteiger partial charge in [0.2, 0.25) is 0 Å². The average molecular weight is 767 g/mol. The summed E-state index contributed by atoms with van der Waals surface area (Å²) in [5.74, 6) is 8.27. The highest BCUT2D eigenvalue weighted by atomic mass is 16.5. The van der Waals surface area contributed by atoms with E-state index >= 15 is 0 Å². The molecule has 0 radical (unpaired) electrons. The van der Waals surface area contributed by atoms with E-state index in [1.54, 1.807) is 18.3 Å². The van der Waals surface area contributed by atoms with E-state index in [1.807, 2.05) is 12.3 Å². The van der Waals surface area contributed by atoms with Crippen LogP contribution in [0.5, 0.6) is 11.5 Å². The fourth-order valence-electron chi connectivity index (χ4n) is 9.98. The number of nitrogens with one attached hydrogen (secondary N) is 1. The molecule has 11 heteroatoms. The molecule has 3 fully saturated rings. The number of Topliss-reactive ketones (excluding diaryl/α,β-unsaturated/α-hetero) is 2. The van der Waals surface area contributed by atoms with Gasteiger partial charge in [0.05, 0.1) is 32.0 Å². The number of ketones is 2. The van der Waals surface area contributed by atoms with Gasteiger partial charge in [0.25, 0.3) is 0 Å². The molecule has 300 valence electrons. The summed E-state index contributed by atoms with van der Waals surface area (Å²) in [5.41, 5.74) is 9.31. The highest BCUT2D eigenvalue weighted by Crippen LogP contribution is 2.45. The lowest BCUT2D eigenvalue weighted by atomic mass is 9.64. The first-order chi connectivity index (χ1) is 27.0. The van der Waals surface area contributed by atoms with Crippen molar-refractivity contribution in [1.29, 1.82) is 0 Å². The van der Waals surface area contributed by atoms with E-state index in [4.69, 9.17) is 10.5 Å². The van der Waals surface area contributed by atoms with Gasteiger partial charge in [-0.05, 0) is 135 Å². The molecule has 1 aromatic heterocycles. The number of aromatic nitrogens is 1. The number of benzene rings is 1. The second-order valence-corrected chi connectivity index (χ2v) is 17.1. The van der Waals surface area contributed by atoms with Crippen molar-refractivity contribution in [2.24, 2.45) is 28.2 Å². The summed E-state index contributed by atoms with van der Waals surface area (Å²) in [6, 6.07) is 5.47. The van der Waals surface area contributed by atoms with Gasteiger partial charge in [-0.25, -0.2) is 4.98 Å². The molecule has 9 atom stereocenters. The van der Waals surface area contributed by atoms with Crippen molar-refractivity contribution in [2.75, 3.05) is 25.9 Å². The Bertz CT molecular complexity index is 1900. The van der Waals surface area contributed by atoms with E-state index in [2.05, 4.69) is 33.2 Å². The molecule has 3 aliphatic carbocycles. The van der Waals surface area contributed by atoms with Crippen LogP contribution >= 0.6 is 0 Å². The molecule has 2 aliphatic heterocycles. The average Bonchev–Trinajstić information content (AvgIpc) is 3.72. The number of aliphatic hydroxyl groups is 3. The number of allylic oxidation sites excluding steroid dienone is 1. The first kappa shape index (κ1) is 40.1. The monoisotopic (exact) mass is 766 g/mol. The van der Waals surface area contributed by atoms with E-state index in [9.17, 15) is 30.0 Å². The third kappa shape index (κ3) is 9.05. The minimum absolute atomic E-state index is 0.0655. The quantitative estimate of drug-likeness (QED) is 0.167. The number of carbonyl (C=O) groups is 2. The maximum Gasteiger partial charge on any atom is 0.160 e. The third-order valence-electron chi connectivity index (χ3n) is 13.4. The molecule has 11 nitrogen and oxygen atoms in total. The number of anilines is 1. The number of aromatic hydroxyl groups is 1. The van der Waals surface area contributed by atoms with E-state index < -0.39 is 29.6 Å². The van der Waals surface area contributed by atoms with Crippen molar-refractivity contribution >= 4 is 23.6 Å². The fourth-order valence-corrected chi connectivity index (χ4v) is 9.98. The van der Waals surface area contributed by atoms with Crippen molar-refractivity contribution in [2.45, 2.75) is 127 Å². The number of carbonyl (C=O) groups excluding carboxylic acids is 2. The number of rotatable bonds is 12. The van der Waals surface area contributed by atoms with Gasteiger partial charge in [-0.3, -0.25) is 14.6 Å². The number of methoxy groups -OCH3 is 1. The SMILES string of the molecule is COc1cc2c(cc1O)[C@@H](C[C@H](O)[C@H](O)CCc1cc(N)ncc1CC1=CCN=C1)C#C[C@@]1(CC[C@H](CC[C@@H]3CN[C@@H]4CC(=O)CC[C@@H]4C3)C[C@H]1O)C(=O)CC2. The number of nitrogens with two attached hydrogens (primary N) is 1. The van der Waals surface area contributed by atoms with Crippen LogP contribution in [0.25, 0.3) is 0 Å². The Morgan fingerprint density at radius 1 is 1.05 bits per heavy atom. The number of hydrogen-bond acceptors (Lipinski definition) is 11. The lowest BCUT2D eigenvalue weighted by molar-refractivity contribution is -0.134. The summed E-state index contributed by atoms with van der Waals surface area (Å²) in [5, 5.41) is 49.2. The molecule has 0 amide bonds. The van der Waals surface area contributed by atoms with Gasteiger partial charge in [0.1, 0.15) is 17.0 Å². The van der Waals surface area contributed by atoms with Gasteiger partial charge < -0.3 is 36.2 Å². The number of fused-ring (bicyclic) bond motifs is 2. The molecule has 2 aromatic rings. The first-order valence-electron chi connectivity index (χ1n) is 20.7. The number of piperidine rings is 1. The fraction of sp³-hybridized carbons (Fsp3) is 0.600. The number of ether oxygens (including phenoxy) is 1. The Kier molecular flexibility index (Phi) is 12.6. The van der Waals surface area contributed by atoms with Crippen LogP contribution < -0.4 is 15.8 Å². The molecule has 7 N–H and O–H groups in total. The van der Waals surface area contributed by atoms with Gasteiger partial charge in [0, 0.05) is 50.1 Å². The number of aliphatic hydroxyl groups excluding tert-OH is 3. The van der Waals surface area contributed by atoms with E-state index in [-0.39, 0.29) is 42.5 Å². The number of nitrogen functional groups attached to an aromatic ring is 1. The summed E-state index contributed by atoms with van der Waals surface area (Å²) in [7, 11) is 1.47. The Balaban J connectivity index is 1.05. The molecular formula is C45H58N4O7. The smallest absolute Gasteiger partial charge is 0.160 e. The molecule has 1 aromatic carbocycles. The highest BCUT2D eigenvalue weighted by molar-refractivity contribution is 5.89. The van der Waals surface area contributed by atoms with Gasteiger partial charge in [-0.1, -0.05) is 24.3 Å². The van der Waals surface area contributed by atoms with E-state index in [1.165, 1.54) is 7.11 Å². The second-order valence-electron chi connectivity index (χ2n) is 17.1. The number of hydrogen-bond donors (Lipinski definition) is 6. The van der Waals surface area contributed by atoms with Crippen molar-refractivity contribution < 1.29 is 34.8 Å². The van der Waals surface area contributed by atoms with Crippen LogP contribution in [0.2, 0.25) is 0 Å². The molecule has 7 rings (SSSR count). The highest BCUT2D eigenvalue weighted by Gasteiger charge is 2.47. The largest absolute Gasteiger partial charge is 0.504 e. The van der Waals surface area contributed by atoms with Crippen molar-refractivity contribution in [3.05, 3.63) is 58.3 Å². The predicted molar refractivity (Wildman–Crippen MR) is 215 cm³/mol. The zero-order chi connectivity index (χ0) is 39.4. The number of aryl methyl sites for hydroxylation is 2. The van der Waals surface area contributed by atoms with Crippen LogP contribution in [0.4, 0.5) is 5.82 Å². The number of nitrogens with zero attached hydrogens (tertiary/aromatic N) is 2. The Hall–Kier alpha value is -4.08. The zero-order valence-electron chi connectivity index (χ0n) is 32.6. The molecule has 5 aliphatic rings. The number of pyridine rings is 1. The third-order valence-corrected chi connectivity index (χ3v) is 13.4. The van der Waals surface area contributed by atoms with Gasteiger partial charge in [-0.15, -0.1) is 0 Å². The first-order valence-corrected chi connectivity index (χ1v) is 20.7. The summed E-state index contributed by atoms with van der Waals surface area (Å²) in [6.45, 7) is 1.59. The summed E-state index contributed by atoms with van der Waals surface area (Å²) in [6.07, 6.45) is 11.8. The minimum Gasteiger partial charge on any atom is -0.504 e. The Morgan fingerprint density at radius 2 is 1.89 bits per heavy atom. The van der Waals surface area contributed by atoms with Crippen LogP contribution in [0, 0.1) is 35.0 Å². The predicted octanol–water partition coefficient (Wildman–Crippen LogP) is 4.55. The number of aliphatic imine (C=N–C) groups is 1. The van der Waals surface area contributed by atoms with Gasteiger partial charge in [-0.2, -0.15) is 0 Å². The maximum absolute atomic E-state index is 14.1. The van der Waals surface area contributed by atoms with Crippen LogP contribution in [0.3, 0.4) is 0 Å². The standard InChI is InChI=1S/C45H58N4O7/c1-56-41-20-31-6-9-42(54)45(13-10-27(18-43(45)55)2-3-28-16-33-4-7-35(50)22-37(33)48-25-28)14-11-32(36(31)23-40(41)53)19-39(52)38(51)8-5-30-21-44(46)49-26-34(30)17-29-12-15-47-24-29/h12,20-21,23-24,26-28,32-33,37-39,43,48,51-53,55H,2-10,13,15-19,22,25H2,1H3,(H2,46,49)/t27-,28-,32+,33+,37+,38+,39-,43+,45-/m0/s1. The number of phenols is 1. The lowest BCUT2D eigenvalue weighted by Crippen LogP contribution is -2.49. The summed E-state index contributed by atoms with van der Waals surface area (Å²) < 4.78 is 5.42. The van der Waals surface area contributed by atoms with Crippen molar-refractivity contribution in [3.8, 4) is 23.3 Å². The summed E-state index contributed by atoms with van der Waals surface area (Å²) >= 11 is 0. The maximum atomic E-state index is 14.1. The molecule has 3 heterocycles. The topological polar surface area (TPSA) is 188 Å². The van der Waals surface area contributed by atoms with Crippen LogP contribution in [-0.2, 0) is 28.9 Å². The van der Waals surface area contributed by atoms with Crippen molar-refractivity contribution in [3.63, 3.8) is 0 Å². The molecule has 56 heavy (non-hydrogen) atoms. The molecular weight excluding hydrogens is 709 g/mol. The Morgan fingerprint density at radius 3 is 2.68 bits per heavy atom. The molecule has 1 spiro atoms. The van der Waals surface area contributed by atoms with Crippen LogP contribution in [-0.4, -0.2) is 87.7 Å². The lowest BCUT2D eigenvalue weighted by Gasteiger charge is -2.42. The van der Waals surface area contributed by atoms with Gasteiger partial charge in [0.15, 0.2) is 17.3 Å². The van der Waals surface area contributed by atoms with Gasteiger partial charge >= 0.3 is 0 Å². The minimum atomic E-state index is -1.22. The van der Waals surface area contributed by atoms with E-state index in [0.29, 0.717) is 86.5 Å². The molecule has 0 unspecified atom stereocenters. The zero-order valence-corrected chi connectivity index (χ0v) is 32.6. The van der Waals surface area contributed by atoms with Crippen molar-refractivity contribution in [1.82, 2.24) is 10.3 Å². The second kappa shape index (κ2) is 17.6. The molecule has 2 saturated carbocycles. The molecule has 1 saturated heterocycles. The van der Waals surface area contributed by atoms with Crippen LogP contribution in [0.1, 0.15) is 105 Å².